The summed E-state index contributed by atoms with van der Waals surface area (Å²) in [7, 11) is 0. The maximum atomic E-state index is 13.4. The van der Waals surface area contributed by atoms with Gasteiger partial charge in [0, 0.05) is 12.0 Å². The average Bonchev–Trinajstić information content (AvgIpc) is 3.24. The van der Waals surface area contributed by atoms with E-state index in [0.717, 1.165) is 74.3 Å². The van der Waals surface area contributed by atoms with Gasteiger partial charge in [0.1, 0.15) is 19.2 Å². The standard InChI is InChI=1S/C23H30N4O2/c28-18-4-6-26(13-18)14-19-20-3-1-2-5-27(20)21(24-19)22(29)25-23-10-15-7-16(11-23)9-17(8-15)12-23/h1-3,5,15-18,28H,4,6-14H2,(H,25,29)/p+2. The summed E-state index contributed by atoms with van der Waals surface area (Å²) in [5.74, 6) is 3.13. The summed E-state index contributed by atoms with van der Waals surface area (Å²) in [6, 6.07) is 6.10. The zero-order valence-electron chi connectivity index (χ0n) is 17.0. The number of nitrogens with zero attached hydrogens (tertiary/aromatic N) is 1. The molecular weight excluding hydrogens is 364 g/mol. The maximum absolute atomic E-state index is 13.4. The van der Waals surface area contributed by atoms with E-state index >= 15 is 0 Å². The molecule has 5 aliphatic rings. The highest BCUT2D eigenvalue weighted by molar-refractivity contribution is 5.90. The van der Waals surface area contributed by atoms with Crippen LogP contribution in [0.15, 0.2) is 24.4 Å². The van der Waals surface area contributed by atoms with Crippen LogP contribution in [0, 0.1) is 17.8 Å². The number of pyridine rings is 1. The molecule has 1 amide bonds. The summed E-state index contributed by atoms with van der Waals surface area (Å²) in [5, 5.41) is 13.4. The summed E-state index contributed by atoms with van der Waals surface area (Å²) in [6.07, 6.45) is 10.3. The van der Waals surface area contributed by atoms with Crippen LogP contribution in [-0.4, -0.2) is 40.7 Å². The lowest BCUT2D eigenvalue weighted by Gasteiger charge is -2.56. The molecule has 4 bridgehead atoms. The molecule has 2 unspecified atom stereocenters. The van der Waals surface area contributed by atoms with Crippen LogP contribution < -0.4 is 14.6 Å². The number of amides is 1. The van der Waals surface area contributed by atoms with Gasteiger partial charge >= 0.3 is 11.7 Å². The number of hydrogen-bond donors (Lipinski definition) is 4. The van der Waals surface area contributed by atoms with E-state index in [0.29, 0.717) is 5.82 Å². The molecule has 0 spiro atoms. The molecule has 6 nitrogen and oxygen atoms in total. The molecule has 4 aliphatic carbocycles. The first-order chi connectivity index (χ1) is 14.1. The van der Waals surface area contributed by atoms with E-state index in [1.165, 1.54) is 24.2 Å². The van der Waals surface area contributed by atoms with Crippen molar-refractivity contribution in [3.05, 3.63) is 35.9 Å². The molecule has 2 aromatic rings. The lowest BCUT2D eigenvalue weighted by molar-refractivity contribution is -0.903. The Morgan fingerprint density at radius 2 is 1.93 bits per heavy atom. The molecule has 154 valence electrons. The molecule has 2 aromatic heterocycles. The molecule has 4 saturated carbocycles. The predicted molar refractivity (Wildman–Crippen MR) is 107 cm³/mol. The van der Waals surface area contributed by atoms with Gasteiger partial charge in [-0.1, -0.05) is 6.07 Å². The van der Waals surface area contributed by atoms with Crippen molar-refractivity contribution < 1.29 is 19.2 Å². The lowest BCUT2D eigenvalue weighted by Crippen LogP contribution is -3.09. The third-order valence-corrected chi connectivity index (χ3v) is 8.09. The number of imidazole rings is 1. The number of aliphatic hydroxyl groups is 1. The first-order valence-corrected chi connectivity index (χ1v) is 11.4. The zero-order valence-corrected chi connectivity index (χ0v) is 17.0. The van der Waals surface area contributed by atoms with E-state index in [1.807, 2.05) is 22.7 Å². The van der Waals surface area contributed by atoms with Crippen molar-refractivity contribution >= 4 is 11.4 Å². The van der Waals surface area contributed by atoms with Gasteiger partial charge in [-0.3, -0.25) is 4.79 Å². The van der Waals surface area contributed by atoms with Crippen LogP contribution in [0.25, 0.3) is 5.52 Å². The number of fused-ring (bicyclic) bond motifs is 1. The highest BCUT2D eigenvalue weighted by Gasteiger charge is 2.52. The Morgan fingerprint density at radius 1 is 1.21 bits per heavy atom. The molecule has 7 rings (SSSR count). The second kappa shape index (κ2) is 6.54. The molecule has 5 fully saturated rings. The van der Waals surface area contributed by atoms with Crippen molar-refractivity contribution in [2.24, 2.45) is 17.8 Å². The minimum Gasteiger partial charge on any atom is -0.387 e. The van der Waals surface area contributed by atoms with Crippen LogP contribution in [0.2, 0.25) is 0 Å². The number of hydrogen-bond acceptors (Lipinski definition) is 2. The molecule has 1 aliphatic heterocycles. The number of aromatic amines is 1. The highest BCUT2D eigenvalue weighted by Crippen LogP contribution is 2.55. The van der Waals surface area contributed by atoms with Crippen molar-refractivity contribution in [1.82, 2.24) is 10.3 Å². The quantitative estimate of drug-likeness (QED) is 0.572. The van der Waals surface area contributed by atoms with E-state index < -0.39 is 0 Å². The van der Waals surface area contributed by atoms with Gasteiger partial charge in [-0.25, -0.2) is 4.98 Å². The number of likely N-dealkylation sites (tertiary alicyclic amines) is 1. The zero-order chi connectivity index (χ0) is 19.6. The fourth-order valence-electron chi connectivity index (χ4n) is 7.33. The number of aromatic nitrogens is 2. The Morgan fingerprint density at radius 3 is 2.59 bits per heavy atom. The number of quaternary nitrogens is 1. The van der Waals surface area contributed by atoms with Crippen molar-refractivity contribution in [2.45, 2.75) is 63.1 Å². The molecular formula is C23H32N4O2+2. The molecule has 4 N–H and O–H groups in total. The van der Waals surface area contributed by atoms with Crippen LogP contribution in [0.3, 0.4) is 0 Å². The topological polar surface area (TPSA) is 73.7 Å². The molecule has 0 aromatic carbocycles. The van der Waals surface area contributed by atoms with Gasteiger partial charge in [-0.2, -0.15) is 4.40 Å². The van der Waals surface area contributed by atoms with Crippen LogP contribution in [0.1, 0.15) is 61.3 Å². The van der Waals surface area contributed by atoms with Gasteiger partial charge in [0.05, 0.1) is 12.7 Å². The van der Waals surface area contributed by atoms with Gasteiger partial charge in [0.25, 0.3) is 0 Å². The second-order valence-corrected chi connectivity index (χ2v) is 10.4. The number of carbonyl (C=O) groups is 1. The summed E-state index contributed by atoms with van der Waals surface area (Å²) in [4.78, 5) is 18.3. The Balaban J connectivity index is 1.28. The first-order valence-electron chi connectivity index (χ1n) is 11.4. The predicted octanol–water partition coefficient (Wildman–Crippen LogP) is 0.602. The van der Waals surface area contributed by atoms with Gasteiger partial charge in [0.2, 0.25) is 5.69 Å². The van der Waals surface area contributed by atoms with Crippen molar-refractivity contribution in [3.63, 3.8) is 0 Å². The number of nitrogens with one attached hydrogen (secondary N) is 3. The Labute approximate surface area is 171 Å². The maximum Gasteiger partial charge on any atom is 0.351 e. The average molecular weight is 397 g/mol. The van der Waals surface area contributed by atoms with Crippen LogP contribution >= 0.6 is 0 Å². The molecule has 6 heteroatoms. The van der Waals surface area contributed by atoms with Crippen molar-refractivity contribution in [2.75, 3.05) is 13.1 Å². The number of H-pyrrole nitrogens is 1. The monoisotopic (exact) mass is 396 g/mol. The number of aliphatic hydroxyl groups excluding tert-OH is 1. The van der Waals surface area contributed by atoms with Gasteiger partial charge in [-0.05, 0) is 68.4 Å². The Kier molecular flexibility index (Phi) is 4.04. The van der Waals surface area contributed by atoms with E-state index in [4.69, 9.17) is 0 Å². The minimum absolute atomic E-state index is 0.0169. The van der Waals surface area contributed by atoms with Gasteiger partial charge in [0.15, 0.2) is 5.52 Å². The Bertz CT molecular complexity index is 916. The third-order valence-electron chi connectivity index (χ3n) is 8.09. The fraction of sp³-hybridized carbons (Fsp3) is 0.652. The smallest absolute Gasteiger partial charge is 0.351 e. The molecule has 29 heavy (non-hydrogen) atoms. The number of rotatable bonds is 4. The van der Waals surface area contributed by atoms with Gasteiger partial charge < -0.3 is 15.3 Å². The molecule has 0 radical (unpaired) electrons. The molecule has 1 saturated heterocycles. The summed E-state index contributed by atoms with van der Waals surface area (Å²) >= 11 is 0. The molecule has 3 heterocycles. The highest BCUT2D eigenvalue weighted by atomic mass is 16.3. The number of carbonyl (C=O) groups excluding carboxylic acids is 1. The first kappa shape index (κ1) is 17.9. The van der Waals surface area contributed by atoms with E-state index in [2.05, 4.69) is 16.4 Å². The third kappa shape index (κ3) is 3.08. The summed E-state index contributed by atoms with van der Waals surface area (Å²) in [5.41, 5.74) is 2.17. The Hall–Kier alpha value is -1.92. The van der Waals surface area contributed by atoms with Crippen molar-refractivity contribution in [1.29, 1.82) is 0 Å². The normalized spacial score (nSPS) is 38.0. The fourth-order valence-corrected chi connectivity index (χ4v) is 7.33. The van der Waals surface area contributed by atoms with Gasteiger partial charge in [-0.15, -0.1) is 0 Å². The van der Waals surface area contributed by atoms with E-state index in [1.54, 1.807) is 0 Å². The van der Waals surface area contributed by atoms with Crippen molar-refractivity contribution in [3.8, 4) is 0 Å². The minimum atomic E-state index is -0.197. The SMILES string of the molecule is O=C(NC12CC3CC(CC(C3)C1)C2)c1[nH]c(C[NH+]2CCC(O)C2)c2cccc[n+]12. The van der Waals surface area contributed by atoms with Crippen LogP contribution in [0.5, 0.6) is 0 Å². The lowest BCUT2D eigenvalue weighted by atomic mass is 9.53. The van der Waals surface area contributed by atoms with E-state index in [9.17, 15) is 9.90 Å². The van der Waals surface area contributed by atoms with Crippen LogP contribution in [0.4, 0.5) is 0 Å². The summed E-state index contributed by atoms with van der Waals surface area (Å²) < 4.78 is 2.01. The largest absolute Gasteiger partial charge is 0.387 e. The van der Waals surface area contributed by atoms with E-state index in [-0.39, 0.29) is 17.6 Å². The van der Waals surface area contributed by atoms with Crippen LogP contribution in [-0.2, 0) is 6.54 Å². The second-order valence-electron chi connectivity index (χ2n) is 10.4. The summed E-state index contributed by atoms with van der Waals surface area (Å²) in [6.45, 7) is 2.58. The molecule has 2 atom stereocenters.